The molecule has 0 aliphatic rings. The summed E-state index contributed by atoms with van der Waals surface area (Å²) in [5, 5.41) is 12.6. The molecule has 0 fully saturated rings. The van der Waals surface area contributed by atoms with E-state index in [1.54, 1.807) is 0 Å². The predicted molar refractivity (Wildman–Crippen MR) is 56.7 cm³/mol. The van der Waals surface area contributed by atoms with Gasteiger partial charge in [0.1, 0.15) is 17.6 Å². The highest BCUT2D eigenvalue weighted by molar-refractivity contribution is 5.37. The second kappa shape index (κ2) is 3.85. The van der Waals surface area contributed by atoms with Crippen LogP contribution in [-0.4, -0.2) is 19.5 Å². The average molecular weight is 237 g/mol. The summed E-state index contributed by atoms with van der Waals surface area (Å²) in [7, 11) is 1.27. The summed E-state index contributed by atoms with van der Waals surface area (Å²) in [6.07, 6.45) is 0.910. The van der Waals surface area contributed by atoms with Gasteiger partial charge in [0.2, 0.25) is 0 Å². The van der Waals surface area contributed by atoms with Gasteiger partial charge in [-0.25, -0.2) is 9.18 Å². The first-order valence-electron chi connectivity index (χ1n) is 4.65. The van der Waals surface area contributed by atoms with Crippen molar-refractivity contribution in [2.45, 2.75) is 0 Å². The van der Waals surface area contributed by atoms with Gasteiger partial charge >= 0.3 is 5.69 Å². The summed E-state index contributed by atoms with van der Waals surface area (Å²) in [6.45, 7) is 0. The van der Waals surface area contributed by atoms with Crippen molar-refractivity contribution in [3.05, 3.63) is 51.1 Å². The molecule has 0 unspecified atom stereocenters. The molecule has 0 spiro atoms. The van der Waals surface area contributed by atoms with E-state index in [0.29, 0.717) is 0 Å². The van der Waals surface area contributed by atoms with Crippen LogP contribution < -0.4 is 11.2 Å². The SMILES string of the molecule is Cn1c(=O)cnn(-c2ccc(O)cc2F)c1=O. The number of halogens is 1. The van der Waals surface area contributed by atoms with Crippen LogP contribution in [0.4, 0.5) is 4.39 Å². The Morgan fingerprint density at radius 1 is 1.35 bits per heavy atom. The van der Waals surface area contributed by atoms with Crippen LogP contribution in [0.3, 0.4) is 0 Å². The molecule has 1 aromatic heterocycles. The third kappa shape index (κ3) is 1.82. The molecule has 0 bridgehead atoms. The Morgan fingerprint density at radius 3 is 2.71 bits per heavy atom. The molecule has 17 heavy (non-hydrogen) atoms. The molecule has 0 aliphatic heterocycles. The lowest BCUT2D eigenvalue weighted by atomic mass is 10.3. The molecular formula is C10H8FN3O3. The highest BCUT2D eigenvalue weighted by atomic mass is 19.1. The van der Waals surface area contributed by atoms with E-state index in [1.165, 1.54) is 19.2 Å². The van der Waals surface area contributed by atoms with Gasteiger partial charge in [0, 0.05) is 13.1 Å². The van der Waals surface area contributed by atoms with Crippen molar-refractivity contribution in [1.82, 2.24) is 14.3 Å². The van der Waals surface area contributed by atoms with E-state index in [0.717, 1.165) is 21.5 Å². The minimum Gasteiger partial charge on any atom is -0.508 e. The number of rotatable bonds is 1. The number of benzene rings is 1. The van der Waals surface area contributed by atoms with Crippen molar-refractivity contribution in [2.75, 3.05) is 0 Å². The molecule has 0 saturated heterocycles. The fourth-order valence-corrected chi connectivity index (χ4v) is 1.31. The van der Waals surface area contributed by atoms with E-state index in [1.807, 2.05) is 0 Å². The second-order valence-electron chi connectivity index (χ2n) is 3.37. The molecular weight excluding hydrogens is 229 g/mol. The van der Waals surface area contributed by atoms with Crippen molar-refractivity contribution in [2.24, 2.45) is 7.05 Å². The molecule has 0 amide bonds. The maximum Gasteiger partial charge on any atom is 0.352 e. The average Bonchev–Trinajstić information content (AvgIpc) is 2.28. The van der Waals surface area contributed by atoms with E-state index < -0.39 is 17.1 Å². The fourth-order valence-electron chi connectivity index (χ4n) is 1.31. The molecule has 0 atom stereocenters. The van der Waals surface area contributed by atoms with E-state index in [-0.39, 0.29) is 11.4 Å². The van der Waals surface area contributed by atoms with Crippen LogP contribution in [0.2, 0.25) is 0 Å². The van der Waals surface area contributed by atoms with Gasteiger partial charge in [-0.2, -0.15) is 9.78 Å². The first-order chi connectivity index (χ1) is 8.00. The van der Waals surface area contributed by atoms with Crippen LogP contribution in [0, 0.1) is 5.82 Å². The Labute approximate surface area is 94.2 Å². The van der Waals surface area contributed by atoms with Crippen LogP contribution in [0.25, 0.3) is 5.69 Å². The minimum atomic E-state index is -0.807. The zero-order valence-corrected chi connectivity index (χ0v) is 8.79. The summed E-state index contributed by atoms with van der Waals surface area (Å²) >= 11 is 0. The topological polar surface area (TPSA) is 77.1 Å². The van der Waals surface area contributed by atoms with Gasteiger partial charge < -0.3 is 5.11 Å². The van der Waals surface area contributed by atoms with Crippen molar-refractivity contribution in [3.63, 3.8) is 0 Å². The summed E-state index contributed by atoms with van der Waals surface area (Å²) < 4.78 is 15.1. The highest BCUT2D eigenvalue weighted by Gasteiger charge is 2.10. The zero-order chi connectivity index (χ0) is 12.6. The van der Waals surface area contributed by atoms with E-state index in [2.05, 4.69) is 5.10 Å². The molecule has 1 heterocycles. The minimum absolute atomic E-state index is 0.136. The normalized spacial score (nSPS) is 10.5. The first kappa shape index (κ1) is 11.1. The van der Waals surface area contributed by atoms with Crippen LogP contribution in [-0.2, 0) is 7.05 Å². The largest absolute Gasteiger partial charge is 0.508 e. The highest BCUT2D eigenvalue weighted by Crippen LogP contribution is 2.16. The quantitative estimate of drug-likeness (QED) is 0.743. The number of aromatic nitrogens is 3. The Balaban J connectivity index is 2.74. The van der Waals surface area contributed by atoms with Crippen LogP contribution in [0.5, 0.6) is 5.75 Å². The smallest absolute Gasteiger partial charge is 0.352 e. The maximum atomic E-state index is 13.5. The van der Waals surface area contributed by atoms with Crippen molar-refractivity contribution in [1.29, 1.82) is 0 Å². The third-order valence-electron chi connectivity index (χ3n) is 2.24. The summed E-state index contributed by atoms with van der Waals surface area (Å²) in [5.41, 5.74) is -1.48. The van der Waals surface area contributed by atoms with Gasteiger partial charge in [0.25, 0.3) is 5.56 Å². The lowest BCUT2D eigenvalue weighted by Gasteiger charge is -2.06. The first-order valence-corrected chi connectivity index (χ1v) is 4.65. The summed E-state index contributed by atoms with van der Waals surface area (Å²) in [4.78, 5) is 22.8. The molecule has 2 rings (SSSR count). The lowest BCUT2D eigenvalue weighted by Crippen LogP contribution is -2.38. The van der Waals surface area contributed by atoms with Gasteiger partial charge in [-0.05, 0) is 12.1 Å². The van der Waals surface area contributed by atoms with Crippen LogP contribution in [0.1, 0.15) is 0 Å². The van der Waals surface area contributed by atoms with Gasteiger partial charge in [0.15, 0.2) is 5.82 Å². The number of phenolic OH excluding ortho intramolecular Hbond substituents is 1. The number of hydrogen-bond donors (Lipinski definition) is 1. The molecule has 7 heteroatoms. The Bertz CT molecular complexity index is 690. The molecule has 2 aromatic rings. The van der Waals surface area contributed by atoms with Gasteiger partial charge in [-0.1, -0.05) is 0 Å². The van der Waals surface area contributed by atoms with Crippen molar-refractivity contribution >= 4 is 0 Å². The molecule has 6 nitrogen and oxygen atoms in total. The number of nitrogens with zero attached hydrogens (tertiary/aromatic N) is 3. The molecule has 1 N–H and O–H groups in total. The standard InChI is InChI=1S/C10H8FN3O3/c1-13-9(16)5-12-14(10(13)17)8-3-2-6(15)4-7(8)11/h2-5,15H,1H3. The number of aromatic hydroxyl groups is 1. The maximum absolute atomic E-state index is 13.5. The van der Waals surface area contributed by atoms with Crippen molar-refractivity contribution < 1.29 is 9.50 Å². The molecule has 0 radical (unpaired) electrons. The molecule has 0 saturated carbocycles. The van der Waals surface area contributed by atoms with Crippen molar-refractivity contribution in [3.8, 4) is 11.4 Å². The molecule has 0 aliphatic carbocycles. The summed E-state index contributed by atoms with van der Waals surface area (Å²) in [6, 6.07) is 3.27. The van der Waals surface area contributed by atoms with E-state index in [9.17, 15) is 14.0 Å². The summed E-state index contributed by atoms with van der Waals surface area (Å²) in [5.74, 6) is -1.07. The monoisotopic (exact) mass is 237 g/mol. The van der Waals surface area contributed by atoms with Crippen LogP contribution in [0.15, 0.2) is 34.0 Å². The van der Waals surface area contributed by atoms with E-state index >= 15 is 0 Å². The van der Waals surface area contributed by atoms with Gasteiger partial charge in [-0.15, -0.1) is 0 Å². The fraction of sp³-hybridized carbons (Fsp3) is 0.100. The molecule has 1 aromatic carbocycles. The van der Waals surface area contributed by atoms with E-state index in [4.69, 9.17) is 5.11 Å². The molecule has 88 valence electrons. The number of phenols is 1. The van der Waals surface area contributed by atoms with Gasteiger partial charge in [0.05, 0.1) is 0 Å². The predicted octanol–water partition coefficient (Wildman–Crippen LogP) is -0.224. The lowest BCUT2D eigenvalue weighted by molar-refractivity contribution is 0.467. The van der Waals surface area contributed by atoms with Gasteiger partial charge in [-0.3, -0.25) is 9.36 Å². The Hall–Kier alpha value is -2.44. The Morgan fingerprint density at radius 2 is 2.06 bits per heavy atom. The third-order valence-corrected chi connectivity index (χ3v) is 2.24. The second-order valence-corrected chi connectivity index (χ2v) is 3.37. The zero-order valence-electron chi connectivity index (χ0n) is 8.79. The number of hydrogen-bond acceptors (Lipinski definition) is 4. The Kier molecular flexibility index (Phi) is 2.51. The van der Waals surface area contributed by atoms with Crippen LogP contribution >= 0.6 is 0 Å².